The highest BCUT2D eigenvalue weighted by atomic mass is 35.5. The van der Waals surface area contributed by atoms with Gasteiger partial charge in [0, 0.05) is 13.6 Å². The van der Waals surface area contributed by atoms with E-state index in [2.05, 4.69) is 10.3 Å². The summed E-state index contributed by atoms with van der Waals surface area (Å²) in [5.41, 5.74) is 1.28. The second-order valence-electron chi connectivity index (χ2n) is 4.34. The quantitative estimate of drug-likeness (QED) is 0.905. The highest BCUT2D eigenvalue weighted by Crippen LogP contribution is 2.23. The van der Waals surface area contributed by atoms with Crippen molar-refractivity contribution in [1.29, 1.82) is 0 Å². The first-order chi connectivity index (χ1) is 9.65. The van der Waals surface area contributed by atoms with E-state index < -0.39 is 0 Å². The summed E-state index contributed by atoms with van der Waals surface area (Å²) < 4.78 is 13.9. The zero-order valence-electron chi connectivity index (χ0n) is 11.5. The van der Waals surface area contributed by atoms with Crippen molar-refractivity contribution in [3.05, 3.63) is 52.9 Å². The fourth-order valence-electron chi connectivity index (χ4n) is 1.99. The van der Waals surface area contributed by atoms with Crippen molar-refractivity contribution in [2.24, 2.45) is 0 Å². The van der Waals surface area contributed by atoms with E-state index in [1.54, 1.807) is 25.2 Å². The minimum atomic E-state index is -0.241. The number of nitrogens with zero attached hydrogens (tertiary/aromatic N) is 2. The van der Waals surface area contributed by atoms with E-state index in [4.69, 9.17) is 11.6 Å². The van der Waals surface area contributed by atoms with E-state index >= 15 is 0 Å². The smallest absolute Gasteiger partial charge is 0.146 e. The third-order valence-corrected chi connectivity index (χ3v) is 3.43. The van der Waals surface area contributed by atoms with E-state index in [9.17, 15) is 4.39 Å². The largest absolute Gasteiger partial charge is 0.373 e. The highest BCUT2D eigenvalue weighted by molar-refractivity contribution is 6.31. The van der Waals surface area contributed by atoms with Crippen LogP contribution in [-0.2, 0) is 6.54 Å². The Bertz CT molecular complexity index is 589. The summed E-state index contributed by atoms with van der Waals surface area (Å²) in [4.78, 5) is 6.33. The molecule has 0 amide bonds. The van der Waals surface area contributed by atoms with Gasteiger partial charge < -0.3 is 10.2 Å². The van der Waals surface area contributed by atoms with Crippen LogP contribution < -0.4 is 10.2 Å². The summed E-state index contributed by atoms with van der Waals surface area (Å²) in [6.07, 6.45) is 0. The Morgan fingerprint density at radius 2 is 2.00 bits per heavy atom. The van der Waals surface area contributed by atoms with Crippen molar-refractivity contribution in [3.8, 4) is 0 Å². The third kappa shape index (κ3) is 3.20. The Balaban J connectivity index is 2.29. The van der Waals surface area contributed by atoms with Gasteiger partial charge in [-0.1, -0.05) is 23.7 Å². The maximum Gasteiger partial charge on any atom is 0.146 e. The van der Waals surface area contributed by atoms with Crippen molar-refractivity contribution < 1.29 is 4.39 Å². The van der Waals surface area contributed by atoms with E-state index in [0.717, 1.165) is 11.5 Å². The summed E-state index contributed by atoms with van der Waals surface area (Å²) in [7, 11) is 1.80. The number of hydrogen-bond donors (Lipinski definition) is 1. The van der Waals surface area contributed by atoms with Gasteiger partial charge in [0.05, 0.1) is 22.9 Å². The summed E-state index contributed by atoms with van der Waals surface area (Å²) in [6.45, 7) is 3.11. The Kier molecular flexibility index (Phi) is 4.79. The molecule has 0 radical (unpaired) electrons. The minimum absolute atomic E-state index is 0.241. The summed E-state index contributed by atoms with van der Waals surface area (Å²) >= 11 is 6.17. The van der Waals surface area contributed by atoms with Crippen LogP contribution >= 0.6 is 11.6 Å². The van der Waals surface area contributed by atoms with Crippen LogP contribution in [0, 0.1) is 5.82 Å². The monoisotopic (exact) mass is 293 g/mol. The van der Waals surface area contributed by atoms with Crippen LogP contribution in [-0.4, -0.2) is 18.6 Å². The minimum Gasteiger partial charge on any atom is -0.373 e. The molecule has 2 rings (SSSR count). The van der Waals surface area contributed by atoms with Crippen LogP contribution in [0.25, 0.3) is 0 Å². The standard InChI is InChI=1S/C15H17ClFN3/c1-3-20(14-7-5-4-6-12(14)17)10-13-11(16)8-9-15(18-2)19-13/h4-9H,3,10H2,1-2H3,(H,18,19). The van der Waals surface area contributed by atoms with Crippen LogP contribution in [0.2, 0.25) is 5.02 Å². The van der Waals surface area contributed by atoms with Gasteiger partial charge in [-0.25, -0.2) is 9.37 Å². The second-order valence-corrected chi connectivity index (χ2v) is 4.75. The van der Waals surface area contributed by atoms with Gasteiger partial charge in [-0.05, 0) is 31.2 Å². The lowest BCUT2D eigenvalue weighted by Crippen LogP contribution is -2.24. The molecule has 0 aliphatic carbocycles. The fraction of sp³-hybridized carbons (Fsp3) is 0.267. The van der Waals surface area contributed by atoms with Crippen LogP contribution in [0.15, 0.2) is 36.4 Å². The molecule has 0 saturated heterocycles. The third-order valence-electron chi connectivity index (χ3n) is 3.09. The Morgan fingerprint density at radius 3 is 2.65 bits per heavy atom. The molecule has 20 heavy (non-hydrogen) atoms. The van der Waals surface area contributed by atoms with Crippen molar-refractivity contribution in [1.82, 2.24) is 4.98 Å². The SMILES string of the molecule is CCN(Cc1nc(NC)ccc1Cl)c1ccccc1F. The first-order valence-corrected chi connectivity index (χ1v) is 6.86. The average molecular weight is 294 g/mol. The molecule has 0 bridgehead atoms. The van der Waals surface area contributed by atoms with Gasteiger partial charge in [0.1, 0.15) is 11.6 Å². The predicted octanol–water partition coefficient (Wildman–Crippen LogP) is 3.94. The van der Waals surface area contributed by atoms with Gasteiger partial charge in [0.2, 0.25) is 0 Å². The number of aromatic nitrogens is 1. The lowest BCUT2D eigenvalue weighted by Gasteiger charge is -2.23. The topological polar surface area (TPSA) is 28.2 Å². The summed E-state index contributed by atoms with van der Waals surface area (Å²) in [5, 5.41) is 3.56. The number of anilines is 2. The van der Waals surface area contributed by atoms with Crippen molar-refractivity contribution in [3.63, 3.8) is 0 Å². The molecule has 2 aromatic rings. The molecule has 106 valence electrons. The summed E-state index contributed by atoms with van der Waals surface area (Å²) in [6, 6.07) is 10.3. The number of benzene rings is 1. The number of para-hydroxylation sites is 1. The molecule has 0 unspecified atom stereocenters. The van der Waals surface area contributed by atoms with Crippen LogP contribution in [0.5, 0.6) is 0 Å². The zero-order valence-corrected chi connectivity index (χ0v) is 12.3. The molecule has 0 aliphatic rings. The first kappa shape index (κ1) is 14.6. The van der Waals surface area contributed by atoms with Gasteiger partial charge in [-0.2, -0.15) is 0 Å². The number of halogens is 2. The van der Waals surface area contributed by atoms with Gasteiger partial charge >= 0.3 is 0 Å². The van der Waals surface area contributed by atoms with E-state index in [-0.39, 0.29) is 5.82 Å². The van der Waals surface area contributed by atoms with Crippen LogP contribution in [0.4, 0.5) is 15.9 Å². The van der Waals surface area contributed by atoms with Gasteiger partial charge in [0.25, 0.3) is 0 Å². The van der Waals surface area contributed by atoms with E-state index in [1.165, 1.54) is 6.07 Å². The van der Waals surface area contributed by atoms with E-state index in [1.807, 2.05) is 24.0 Å². The molecule has 0 saturated carbocycles. The average Bonchev–Trinajstić information content (AvgIpc) is 2.47. The number of hydrogen-bond acceptors (Lipinski definition) is 3. The normalized spacial score (nSPS) is 10.4. The molecule has 3 nitrogen and oxygen atoms in total. The van der Waals surface area contributed by atoms with Crippen LogP contribution in [0.1, 0.15) is 12.6 Å². The second kappa shape index (κ2) is 6.57. The van der Waals surface area contributed by atoms with E-state index in [0.29, 0.717) is 23.8 Å². The molecule has 1 heterocycles. The maximum absolute atomic E-state index is 13.9. The Hall–Kier alpha value is -1.81. The molecule has 0 atom stereocenters. The van der Waals surface area contributed by atoms with Gasteiger partial charge in [-0.3, -0.25) is 0 Å². The molecule has 1 N–H and O–H groups in total. The Labute approximate surface area is 123 Å². The van der Waals surface area contributed by atoms with Crippen molar-refractivity contribution >= 4 is 23.1 Å². The van der Waals surface area contributed by atoms with Crippen LogP contribution in [0.3, 0.4) is 0 Å². The highest BCUT2D eigenvalue weighted by Gasteiger charge is 2.13. The van der Waals surface area contributed by atoms with Gasteiger partial charge in [-0.15, -0.1) is 0 Å². The lowest BCUT2D eigenvalue weighted by molar-refractivity contribution is 0.617. The van der Waals surface area contributed by atoms with Crippen molar-refractivity contribution in [2.45, 2.75) is 13.5 Å². The number of rotatable bonds is 5. The lowest BCUT2D eigenvalue weighted by atomic mass is 10.2. The number of nitrogens with one attached hydrogen (secondary N) is 1. The maximum atomic E-state index is 13.9. The molecule has 0 aliphatic heterocycles. The van der Waals surface area contributed by atoms with Crippen molar-refractivity contribution in [2.75, 3.05) is 23.8 Å². The predicted molar refractivity (Wildman–Crippen MR) is 81.9 cm³/mol. The molecule has 5 heteroatoms. The first-order valence-electron chi connectivity index (χ1n) is 6.48. The molecule has 0 fully saturated rings. The zero-order chi connectivity index (χ0) is 14.5. The molecule has 0 spiro atoms. The molecular formula is C15H17ClFN3. The summed E-state index contributed by atoms with van der Waals surface area (Å²) in [5.74, 6) is 0.504. The Morgan fingerprint density at radius 1 is 1.25 bits per heavy atom. The fourth-order valence-corrected chi connectivity index (χ4v) is 2.16. The molecule has 1 aromatic carbocycles. The number of pyridine rings is 1. The molecule has 1 aromatic heterocycles. The van der Waals surface area contributed by atoms with Gasteiger partial charge in [0.15, 0.2) is 0 Å². The molecular weight excluding hydrogens is 277 g/mol.